The van der Waals surface area contributed by atoms with Crippen molar-refractivity contribution in [3.8, 4) is 11.5 Å². The number of hydrogen-bond donors (Lipinski definition) is 2. The van der Waals surface area contributed by atoms with Gasteiger partial charge in [-0.3, -0.25) is 14.5 Å². The van der Waals surface area contributed by atoms with Crippen LogP contribution in [0, 0.1) is 6.92 Å². The molecule has 2 aliphatic heterocycles. The van der Waals surface area contributed by atoms with Crippen molar-refractivity contribution < 1.29 is 29.3 Å². The first-order valence-electron chi connectivity index (χ1n) is 11.4. The molecule has 0 aliphatic carbocycles. The number of methoxy groups -OCH3 is 1. The molecule has 2 aromatic carbocycles. The van der Waals surface area contributed by atoms with Crippen LogP contribution in [-0.4, -0.2) is 78.2 Å². The Morgan fingerprint density at radius 3 is 2.62 bits per heavy atom. The van der Waals surface area contributed by atoms with Crippen LogP contribution in [0.1, 0.15) is 29.2 Å². The van der Waals surface area contributed by atoms with Crippen molar-refractivity contribution in [1.82, 2.24) is 9.80 Å². The van der Waals surface area contributed by atoms with Crippen LogP contribution in [0.4, 0.5) is 0 Å². The van der Waals surface area contributed by atoms with Crippen LogP contribution in [0.2, 0.25) is 0 Å². The van der Waals surface area contributed by atoms with Gasteiger partial charge in [0.25, 0.3) is 11.7 Å². The summed E-state index contributed by atoms with van der Waals surface area (Å²) >= 11 is 0. The number of ether oxygens (including phenoxy) is 2. The van der Waals surface area contributed by atoms with Crippen LogP contribution in [0.3, 0.4) is 0 Å². The Labute approximate surface area is 199 Å². The second kappa shape index (κ2) is 10.3. The average molecular weight is 467 g/mol. The second-order valence-corrected chi connectivity index (χ2v) is 8.60. The SMILES string of the molecule is COc1cccc(C2C(=C(O)c3cc(C)ccc3O)C(=O)C(=O)N2CCCN2CCOCC2)c1. The largest absolute Gasteiger partial charge is 0.507 e. The summed E-state index contributed by atoms with van der Waals surface area (Å²) in [5.41, 5.74) is 1.54. The topological polar surface area (TPSA) is 99.5 Å². The molecular formula is C26H30N2O6. The number of benzene rings is 2. The fraction of sp³-hybridized carbons (Fsp3) is 0.385. The first kappa shape index (κ1) is 23.8. The van der Waals surface area contributed by atoms with Crippen molar-refractivity contribution >= 4 is 17.4 Å². The summed E-state index contributed by atoms with van der Waals surface area (Å²) in [5, 5.41) is 21.6. The van der Waals surface area contributed by atoms with Gasteiger partial charge in [0.1, 0.15) is 17.3 Å². The lowest BCUT2D eigenvalue weighted by atomic mass is 9.94. The molecule has 2 aliphatic rings. The maximum Gasteiger partial charge on any atom is 0.295 e. The van der Waals surface area contributed by atoms with Gasteiger partial charge in [-0.15, -0.1) is 0 Å². The van der Waals surface area contributed by atoms with Crippen LogP contribution >= 0.6 is 0 Å². The van der Waals surface area contributed by atoms with Gasteiger partial charge >= 0.3 is 0 Å². The number of carbonyl (C=O) groups excluding carboxylic acids is 2. The molecule has 4 rings (SSSR count). The Morgan fingerprint density at radius 2 is 1.88 bits per heavy atom. The molecule has 8 nitrogen and oxygen atoms in total. The zero-order valence-corrected chi connectivity index (χ0v) is 19.5. The molecule has 0 radical (unpaired) electrons. The Morgan fingerprint density at radius 1 is 1.12 bits per heavy atom. The van der Waals surface area contributed by atoms with Gasteiger partial charge in [0, 0.05) is 26.2 Å². The summed E-state index contributed by atoms with van der Waals surface area (Å²) in [6, 6.07) is 11.1. The quantitative estimate of drug-likeness (QED) is 0.368. The number of aliphatic hydroxyl groups excluding tert-OH is 1. The van der Waals surface area contributed by atoms with Gasteiger partial charge in [0.2, 0.25) is 0 Å². The molecule has 2 saturated heterocycles. The number of carbonyl (C=O) groups is 2. The number of likely N-dealkylation sites (tertiary alicyclic amines) is 1. The monoisotopic (exact) mass is 466 g/mol. The van der Waals surface area contributed by atoms with E-state index in [4.69, 9.17) is 9.47 Å². The summed E-state index contributed by atoms with van der Waals surface area (Å²) in [6.45, 7) is 5.99. The van der Waals surface area contributed by atoms with E-state index < -0.39 is 17.7 Å². The van der Waals surface area contributed by atoms with Gasteiger partial charge < -0.3 is 24.6 Å². The second-order valence-electron chi connectivity index (χ2n) is 8.60. The Balaban J connectivity index is 1.72. The molecule has 0 bridgehead atoms. The fourth-order valence-electron chi connectivity index (χ4n) is 4.54. The number of aliphatic hydroxyl groups is 1. The maximum atomic E-state index is 13.2. The summed E-state index contributed by atoms with van der Waals surface area (Å²) < 4.78 is 10.7. The van der Waals surface area contributed by atoms with Crippen molar-refractivity contribution in [2.24, 2.45) is 0 Å². The molecule has 2 fully saturated rings. The number of rotatable bonds is 7. The molecule has 1 amide bonds. The first-order valence-corrected chi connectivity index (χ1v) is 11.4. The van der Waals surface area contributed by atoms with Crippen LogP contribution in [0.5, 0.6) is 11.5 Å². The molecule has 1 atom stereocenters. The minimum Gasteiger partial charge on any atom is -0.507 e. The van der Waals surface area contributed by atoms with E-state index in [2.05, 4.69) is 4.90 Å². The van der Waals surface area contributed by atoms with Crippen molar-refractivity contribution in [1.29, 1.82) is 0 Å². The van der Waals surface area contributed by atoms with Crippen molar-refractivity contribution in [2.45, 2.75) is 19.4 Å². The number of aryl methyl sites for hydroxylation is 1. The molecular weight excluding hydrogens is 436 g/mol. The van der Waals surface area contributed by atoms with E-state index in [9.17, 15) is 19.8 Å². The normalized spacial score (nSPS) is 20.6. The number of phenols is 1. The number of nitrogens with zero attached hydrogens (tertiary/aromatic N) is 2. The minimum absolute atomic E-state index is 0.0366. The standard InChI is InChI=1S/C26H30N2O6/c1-17-7-8-21(29)20(15-17)24(30)22-23(18-5-3-6-19(16-18)33-2)28(26(32)25(22)31)10-4-9-27-11-13-34-14-12-27/h3,5-8,15-16,23,29-30H,4,9-14H2,1-2H3. The molecule has 2 aromatic rings. The summed E-state index contributed by atoms with van der Waals surface area (Å²) in [6.07, 6.45) is 0.670. The molecule has 0 saturated carbocycles. The number of ketones is 1. The van der Waals surface area contributed by atoms with Crippen molar-refractivity contribution in [2.75, 3.05) is 46.5 Å². The molecule has 0 spiro atoms. The zero-order valence-electron chi connectivity index (χ0n) is 19.5. The van der Waals surface area contributed by atoms with Crippen molar-refractivity contribution in [3.63, 3.8) is 0 Å². The summed E-state index contributed by atoms with van der Waals surface area (Å²) in [4.78, 5) is 30.1. The van der Waals surface area contributed by atoms with Gasteiger partial charge in [0.05, 0.1) is 37.5 Å². The van der Waals surface area contributed by atoms with Gasteiger partial charge in [-0.05, 0) is 43.2 Å². The highest BCUT2D eigenvalue weighted by atomic mass is 16.5. The number of hydrogen-bond acceptors (Lipinski definition) is 7. The van der Waals surface area contributed by atoms with E-state index in [1.54, 1.807) is 43.5 Å². The summed E-state index contributed by atoms with van der Waals surface area (Å²) in [7, 11) is 1.54. The third-order valence-electron chi connectivity index (χ3n) is 6.33. The van der Waals surface area contributed by atoms with Crippen LogP contribution in [0.25, 0.3) is 5.76 Å². The first-order chi connectivity index (χ1) is 16.4. The van der Waals surface area contributed by atoms with E-state index in [0.29, 0.717) is 37.5 Å². The Hall–Kier alpha value is -3.36. The van der Waals surface area contributed by atoms with Gasteiger partial charge in [-0.1, -0.05) is 23.8 Å². The van der Waals surface area contributed by atoms with Crippen LogP contribution < -0.4 is 4.74 Å². The minimum atomic E-state index is -0.792. The van der Waals surface area contributed by atoms with Gasteiger partial charge in [-0.25, -0.2) is 0 Å². The highest BCUT2D eigenvalue weighted by Crippen LogP contribution is 2.41. The van der Waals surface area contributed by atoms with E-state index in [0.717, 1.165) is 25.2 Å². The molecule has 34 heavy (non-hydrogen) atoms. The average Bonchev–Trinajstić information content (AvgIpc) is 3.11. The Kier molecular flexibility index (Phi) is 7.19. The molecule has 1 unspecified atom stereocenters. The highest BCUT2D eigenvalue weighted by Gasteiger charge is 2.46. The predicted octanol–water partition coefficient (Wildman–Crippen LogP) is 2.85. The maximum absolute atomic E-state index is 13.2. The van der Waals surface area contributed by atoms with E-state index in [-0.39, 0.29) is 22.6 Å². The van der Waals surface area contributed by atoms with Gasteiger partial charge in [-0.2, -0.15) is 0 Å². The summed E-state index contributed by atoms with van der Waals surface area (Å²) in [5.74, 6) is -1.40. The molecule has 0 aromatic heterocycles. The number of morpholine rings is 1. The molecule has 2 N–H and O–H groups in total. The van der Waals surface area contributed by atoms with E-state index >= 15 is 0 Å². The lowest BCUT2D eigenvalue weighted by Crippen LogP contribution is -2.38. The van der Waals surface area contributed by atoms with Crippen LogP contribution in [0.15, 0.2) is 48.0 Å². The molecule has 8 heteroatoms. The smallest absolute Gasteiger partial charge is 0.295 e. The number of amides is 1. The molecule has 2 heterocycles. The predicted molar refractivity (Wildman–Crippen MR) is 127 cm³/mol. The van der Waals surface area contributed by atoms with Crippen molar-refractivity contribution in [3.05, 3.63) is 64.7 Å². The number of phenolic OH excluding ortho intramolecular Hbond substituents is 1. The molecule has 180 valence electrons. The van der Waals surface area contributed by atoms with Gasteiger partial charge in [0.15, 0.2) is 0 Å². The van der Waals surface area contributed by atoms with E-state index in [1.165, 1.54) is 11.0 Å². The fourth-order valence-corrected chi connectivity index (χ4v) is 4.54. The van der Waals surface area contributed by atoms with E-state index in [1.807, 2.05) is 6.92 Å². The third kappa shape index (κ3) is 4.78. The highest BCUT2D eigenvalue weighted by molar-refractivity contribution is 6.46. The zero-order chi connectivity index (χ0) is 24.2. The third-order valence-corrected chi connectivity index (χ3v) is 6.33. The lowest BCUT2D eigenvalue weighted by molar-refractivity contribution is -0.140. The number of aromatic hydroxyl groups is 1. The lowest BCUT2D eigenvalue weighted by Gasteiger charge is -2.29. The van der Waals surface area contributed by atoms with Crippen LogP contribution in [-0.2, 0) is 14.3 Å². The Bertz CT molecular complexity index is 1110. The number of Topliss-reactive ketones (excluding diaryl/α,β-unsaturated/α-hetero) is 1.